The summed E-state index contributed by atoms with van der Waals surface area (Å²) in [4.78, 5) is 25.3. The van der Waals surface area contributed by atoms with Gasteiger partial charge in [0.2, 0.25) is 5.91 Å². The van der Waals surface area contributed by atoms with E-state index in [0.717, 1.165) is 25.7 Å². The molecule has 1 saturated carbocycles. The number of sulfonamides is 1. The topological polar surface area (TPSA) is 130 Å². The van der Waals surface area contributed by atoms with Crippen molar-refractivity contribution in [2.24, 2.45) is 11.7 Å². The van der Waals surface area contributed by atoms with Crippen molar-refractivity contribution in [3.8, 4) is 0 Å². The van der Waals surface area contributed by atoms with E-state index in [-0.39, 0.29) is 22.8 Å². The van der Waals surface area contributed by atoms with Gasteiger partial charge in [-0.1, -0.05) is 24.3 Å². The summed E-state index contributed by atoms with van der Waals surface area (Å²) in [5, 5.41) is 5.64. The van der Waals surface area contributed by atoms with E-state index in [1.165, 1.54) is 24.3 Å². The van der Waals surface area contributed by atoms with Gasteiger partial charge in [-0.05, 0) is 86.2 Å². The first-order valence-corrected chi connectivity index (χ1v) is 13.4. The predicted octanol–water partition coefficient (Wildman–Crippen LogP) is 4.59. The molecule has 9 heteroatoms. The van der Waals surface area contributed by atoms with Crippen molar-refractivity contribution >= 4 is 38.9 Å². The highest BCUT2D eigenvalue weighted by molar-refractivity contribution is 7.92. The number of para-hydroxylation sites is 1. The number of anilines is 3. The Morgan fingerprint density at radius 2 is 1.44 bits per heavy atom. The molecule has 3 aromatic rings. The van der Waals surface area contributed by atoms with E-state index in [4.69, 9.17) is 5.73 Å². The van der Waals surface area contributed by atoms with E-state index < -0.39 is 10.0 Å². The van der Waals surface area contributed by atoms with Gasteiger partial charge in [-0.2, -0.15) is 0 Å². The molecule has 8 nitrogen and oxygen atoms in total. The lowest BCUT2D eigenvalue weighted by Crippen LogP contribution is -2.28. The summed E-state index contributed by atoms with van der Waals surface area (Å²) in [5.41, 5.74) is 7.77. The van der Waals surface area contributed by atoms with E-state index in [2.05, 4.69) is 15.4 Å². The molecule has 4 rings (SSSR count). The van der Waals surface area contributed by atoms with Crippen LogP contribution in [0.2, 0.25) is 0 Å². The highest BCUT2D eigenvalue weighted by Gasteiger charge is 2.21. The Morgan fingerprint density at radius 3 is 2.14 bits per heavy atom. The van der Waals surface area contributed by atoms with Crippen molar-refractivity contribution in [2.75, 3.05) is 15.4 Å². The number of benzene rings is 3. The number of carbonyl (C=O) groups is 2. The molecule has 1 fully saturated rings. The second kappa shape index (κ2) is 11.4. The zero-order valence-corrected chi connectivity index (χ0v) is 20.6. The highest BCUT2D eigenvalue weighted by Crippen LogP contribution is 2.26. The van der Waals surface area contributed by atoms with Crippen LogP contribution in [0.25, 0.3) is 0 Å². The lowest BCUT2D eigenvalue weighted by molar-refractivity contribution is -0.117. The van der Waals surface area contributed by atoms with Crippen LogP contribution in [0.3, 0.4) is 0 Å². The van der Waals surface area contributed by atoms with Crippen LogP contribution < -0.4 is 21.1 Å². The van der Waals surface area contributed by atoms with E-state index in [9.17, 15) is 18.0 Å². The maximum absolute atomic E-state index is 12.8. The van der Waals surface area contributed by atoms with Gasteiger partial charge in [-0.25, -0.2) is 8.42 Å². The molecule has 5 N–H and O–H groups in total. The third kappa shape index (κ3) is 6.93. The fraction of sp³-hybridized carbons (Fsp3) is 0.259. The molecule has 0 heterocycles. The van der Waals surface area contributed by atoms with Crippen molar-refractivity contribution in [3.05, 3.63) is 84.4 Å². The van der Waals surface area contributed by atoms with E-state index in [1.807, 2.05) is 0 Å². The molecule has 0 aromatic heterocycles. The molecule has 0 aliphatic heterocycles. The molecular weight excluding hydrogens is 476 g/mol. The van der Waals surface area contributed by atoms with Gasteiger partial charge in [0.05, 0.1) is 4.90 Å². The van der Waals surface area contributed by atoms with Crippen LogP contribution >= 0.6 is 0 Å². The fourth-order valence-corrected chi connectivity index (χ4v) is 5.30. The highest BCUT2D eigenvalue weighted by atomic mass is 32.2. The normalized spacial score (nSPS) is 17.7. The molecule has 1 aliphatic carbocycles. The van der Waals surface area contributed by atoms with Gasteiger partial charge in [-0.3, -0.25) is 14.3 Å². The average Bonchev–Trinajstić information content (AvgIpc) is 2.86. The van der Waals surface area contributed by atoms with Gasteiger partial charge in [0.15, 0.2) is 0 Å². The van der Waals surface area contributed by atoms with Gasteiger partial charge < -0.3 is 16.4 Å². The van der Waals surface area contributed by atoms with Gasteiger partial charge in [0, 0.05) is 35.1 Å². The first-order chi connectivity index (χ1) is 17.3. The van der Waals surface area contributed by atoms with Crippen LogP contribution in [-0.4, -0.2) is 26.3 Å². The molecule has 0 unspecified atom stereocenters. The first-order valence-electron chi connectivity index (χ1n) is 11.9. The van der Waals surface area contributed by atoms with Crippen LogP contribution in [0.5, 0.6) is 0 Å². The molecule has 0 bridgehead atoms. The Balaban J connectivity index is 1.34. The van der Waals surface area contributed by atoms with E-state index >= 15 is 0 Å². The summed E-state index contributed by atoms with van der Waals surface area (Å²) in [6.07, 6.45) is 4.25. The largest absolute Gasteiger partial charge is 0.328 e. The van der Waals surface area contributed by atoms with Crippen LogP contribution in [0, 0.1) is 5.92 Å². The van der Waals surface area contributed by atoms with Gasteiger partial charge >= 0.3 is 0 Å². The van der Waals surface area contributed by atoms with Gasteiger partial charge in [0.25, 0.3) is 15.9 Å². The van der Waals surface area contributed by atoms with Crippen molar-refractivity contribution in [3.63, 3.8) is 0 Å². The minimum Gasteiger partial charge on any atom is -0.328 e. The number of nitrogens with one attached hydrogen (secondary N) is 3. The minimum absolute atomic E-state index is 0.0751. The Bertz CT molecular complexity index is 1300. The van der Waals surface area contributed by atoms with Crippen LogP contribution in [-0.2, 0) is 14.8 Å². The zero-order chi connectivity index (χ0) is 25.5. The first kappa shape index (κ1) is 25.4. The number of nitrogens with two attached hydrogens (primary N) is 1. The second-order valence-electron chi connectivity index (χ2n) is 9.06. The second-order valence-corrected chi connectivity index (χ2v) is 10.7. The predicted molar refractivity (Wildman–Crippen MR) is 141 cm³/mol. The van der Waals surface area contributed by atoms with Crippen molar-refractivity contribution < 1.29 is 18.0 Å². The summed E-state index contributed by atoms with van der Waals surface area (Å²) >= 11 is 0. The van der Waals surface area contributed by atoms with E-state index in [0.29, 0.717) is 35.0 Å². The molecule has 0 atom stereocenters. The lowest BCUT2D eigenvalue weighted by atomic mass is 9.84. The van der Waals surface area contributed by atoms with E-state index in [1.54, 1.807) is 54.6 Å². The molecule has 1 aliphatic rings. The molecule has 188 valence electrons. The lowest BCUT2D eigenvalue weighted by Gasteiger charge is -2.25. The van der Waals surface area contributed by atoms with Crippen molar-refractivity contribution in [1.82, 2.24) is 0 Å². The Hall–Kier alpha value is -3.69. The number of carbonyl (C=O) groups excluding carboxylic acids is 2. The molecule has 36 heavy (non-hydrogen) atoms. The maximum atomic E-state index is 12.8. The number of rotatable bonds is 8. The monoisotopic (exact) mass is 506 g/mol. The average molecular weight is 507 g/mol. The summed E-state index contributed by atoms with van der Waals surface area (Å²) in [6.45, 7) is 0. The maximum Gasteiger partial charge on any atom is 0.261 e. The third-order valence-electron chi connectivity index (χ3n) is 6.22. The van der Waals surface area contributed by atoms with Crippen LogP contribution in [0.15, 0.2) is 83.8 Å². The summed E-state index contributed by atoms with van der Waals surface area (Å²) in [5.74, 6) is -0.106. The van der Waals surface area contributed by atoms with Crippen molar-refractivity contribution in [1.29, 1.82) is 0 Å². The fourth-order valence-electron chi connectivity index (χ4n) is 4.25. The number of hydrogen-bond acceptors (Lipinski definition) is 5. The molecule has 3 aromatic carbocycles. The third-order valence-corrected chi connectivity index (χ3v) is 7.62. The number of amides is 2. The molecular formula is C27H30N4O4S. The smallest absolute Gasteiger partial charge is 0.261 e. The van der Waals surface area contributed by atoms with Gasteiger partial charge in [-0.15, -0.1) is 0 Å². The van der Waals surface area contributed by atoms with Crippen LogP contribution in [0.1, 0.15) is 42.5 Å². The Labute approximate surface area is 211 Å². The Morgan fingerprint density at radius 1 is 0.778 bits per heavy atom. The summed E-state index contributed by atoms with van der Waals surface area (Å²) < 4.78 is 27.7. The van der Waals surface area contributed by atoms with Crippen molar-refractivity contribution in [2.45, 2.75) is 43.0 Å². The summed E-state index contributed by atoms with van der Waals surface area (Å²) in [7, 11) is -3.75. The molecule has 0 radical (unpaired) electrons. The number of hydrogen-bond donors (Lipinski definition) is 4. The summed E-state index contributed by atoms with van der Waals surface area (Å²) in [6, 6.07) is 21.5. The van der Waals surface area contributed by atoms with Crippen LogP contribution in [0.4, 0.5) is 17.1 Å². The molecule has 0 saturated heterocycles. The minimum atomic E-state index is -3.75. The Kier molecular flexibility index (Phi) is 8.02. The SMILES string of the molecule is NC1CCC(CC(=O)Nc2cccc(C(=O)Nc3ccc(S(=O)(=O)Nc4ccccc4)cc3)c2)CC1. The van der Waals surface area contributed by atoms with Gasteiger partial charge in [0.1, 0.15) is 0 Å². The molecule has 0 spiro atoms. The molecule has 2 amide bonds. The standard InChI is InChI=1S/C27H30N4O4S/c28-21-11-9-19(10-12-21)17-26(32)29-24-8-4-5-20(18-24)27(33)30-22-13-15-25(16-14-22)36(34,35)31-23-6-2-1-3-7-23/h1-8,13-16,18-19,21,31H,9-12,17,28H2,(H,29,32)(H,30,33). The zero-order valence-electron chi connectivity index (χ0n) is 19.8. The quantitative estimate of drug-likeness (QED) is 0.355.